The number of nitrogens with zero attached hydrogens (tertiary/aromatic N) is 5. The number of imidazole rings is 1. The molecule has 0 radical (unpaired) electrons. The number of hydrogen-bond acceptors (Lipinski definition) is 8. The molecule has 0 bridgehead atoms. The summed E-state index contributed by atoms with van der Waals surface area (Å²) in [4.78, 5) is 40.0. The van der Waals surface area contributed by atoms with Gasteiger partial charge in [-0.3, -0.25) is 24.0 Å². The van der Waals surface area contributed by atoms with Crippen molar-refractivity contribution in [3.63, 3.8) is 0 Å². The van der Waals surface area contributed by atoms with Gasteiger partial charge in [-0.25, -0.2) is 9.78 Å². The van der Waals surface area contributed by atoms with Gasteiger partial charge in [-0.05, 0) is 24.6 Å². The zero-order valence-electron chi connectivity index (χ0n) is 17.8. The number of nitro benzene ring substituents is 1. The highest BCUT2D eigenvalue weighted by molar-refractivity contribution is 8.00. The van der Waals surface area contributed by atoms with Gasteiger partial charge in [0.15, 0.2) is 0 Å². The van der Waals surface area contributed by atoms with Crippen LogP contribution in [0.1, 0.15) is 16.8 Å². The number of amides is 1. The van der Waals surface area contributed by atoms with Gasteiger partial charge >= 0.3 is 5.69 Å². The van der Waals surface area contributed by atoms with E-state index in [0.29, 0.717) is 32.9 Å². The lowest BCUT2D eigenvalue weighted by molar-refractivity contribution is -0.383. The molecule has 2 heterocycles. The topological polar surface area (TPSA) is 145 Å². The zero-order valence-corrected chi connectivity index (χ0v) is 18.6. The molecule has 3 rings (SSSR count). The second-order valence-corrected chi connectivity index (χ2v) is 7.96. The minimum Gasteiger partial charge on any atom is -0.380 e. The number of hydrogen-bond donors (Lipinski definition) is 1. The van der Waals surface area contributed by atoms with E-state index >= 15 is 0 Å². The lowest BCUT2D eigenvalue weighted by Gasteiger charge is -2.10. The van der Waals surface area contributed by atoms with Gasteiger partial charge in [0.25, 0.3) is 5.69 Å². The number of fused-ring (bicyclic) bond motifs is 1. The third-order valence-corrected chi connectivity index (χ3v) is 5.78. The van der Waals surface area contributed by atoms with Gasteiger partial charge in [-0.2, -0.15) is 5.26 Å². The Labute approximate surface area is 186 Å². The van der Waals surface area contributed by atoms with Gasteiger partial charge in [0, 0.05) is 33.0 Å². The number of aryl methyl sites for hydroxylation is 3. The molecule has 0 unspecified atom stereocenters. The van der Waals surface area contributed by atoms with Crippen LogP contribution in [0.4, 0.5) is 11.4 Å². The molecule has 0 fully saturated rings. The van der Waals surface area contributed by atoms with E-state index in [1.165, 1.54) is 35.4 Å². The van der Waals surface area contributed by atoms with Gasteiger partial charge in [-0.15, -0.1) is 0 Å². The average Bonchev–Trinajstić information content (AvgIpc) is 2.95. The number of benzene rings is 1. The van der Waals surface area contributed by atoms with Crippen LogP contribution in [0.3, 0.4) is 0 Å². The number of carbonyl (C=O) groups excluding carboxylic acids is 1. The summed E-state index contributed by atoms with van der Waals surface area (Å²) in [5.74, 6) is -0.639. The third kappa shape index (κ3) is 4.34. The molecule has 1 N–H and O–H groups in total. The molecule has 1 amide bonds. The Hall–Kier alpha value is -3.69. The van der Waals surface area contributed by atoms with Gasteiger partial charge in [0.1, 0.15) is 16.8 Å². The maximum Gasteiger partial charge on any atom is 0.328 e. The average molecular weight is 456 g/mol. The van der Waals surface area contributed by atoms with Crippen LogP contribution < -0.4 is 11.0 Å². The number of ether oxygens (including phenoxy) is 1. The number of anilines is 1. The molecule has 0 saturated carbocycles. The first-order chi connectivity index (χ1) is 15.2. The fourth-order valence-electron chi connectivity index (χ4n) is 3.31. The van der Waals surface area contributed by atoms with Crippen molar-refractivity contribution in [1.29, 1.82) is 5.26 Å². The molecular weight excluding hydrogens is 436 g/mol. The van der Waals surface area contributed by atoms with E-state index in [-0.39, 0.29) is 29.4 Å². The summed E-state index contributed by atoms with van der Waals surface area (Å²) in [5.41, 5.74) is 1.79. The van der Waals surface area contributed by atoms with Crippen LogP contribution >= 0.6 is 11.8 Å². The number of rotatable bonds is 7. The first kappa shape index (κ1) is 23.0. The highest BCUT2D eigenvalue weighted by atomic mass is 32.2. The van der Waals surface area contributed by atoms with E-state index in [2.05, 4.69) is 16.4 Å². The molecule has 0 aliphatic rings. The molecule has 12 heteroatoms. The Morgan fingerprint density at radius 2 is 1.97 bits per heavy atom. The Kier molecular flexibility index (Phi) is 6.61. The smallest absolute Gasteiger partial charge is 0.328 e. The van der Waals surface area contributed by atoms with Crippen LogP contribution in [0, 0.1) is 28.4 Å². The lowest BCUT2D eigenvalue weighted by atomic mass is 10.1. The molecule has 0 aliphatic carbocycles. The third-order valence-electron chi connectivity index (χ3n) is 4.81. The van der Waals surface area contributed by atoms with Crippen LogP contribution in [0.2, 0.25) is 0 Å². The van der Waals surface area contributed by atoms with Crippen molar-refractivity contribution in [1.82, 2.24) is 14.1 Å². The molecule has 0 aliphatic heterocycles. The largest absolute Gasteiger partial charge is 0.380 e. The summed E-state index contributed by atoms with van der Waals surface area (Å²) in [5, 5.41) is 24.0. The maximum atomic E-state index is 12.6. The van der Waals surface area contributed by atoms with E-state index in [4.69, 9.17) is 4.74 Å². The first-order valence-corrected chi connectivity index (χ1v) is 10.3. The zero-order chi connectivity index (χ0) is 23.6. The minimum atomic E-state index is -0.618. The lowest BCUT2D eigenvalue weighted by Crippen LogP contribution is -2.19. The molecule has 32 heavy (non-hydrogen) atoms. The van der Waals surface area contributed by atoms with E-state index in [0.717, 1.165) is 11.8 Å². The van der Waals surface area contributed by atoms with Crippen LogP contribution in [0.25, 0.3) is 11.0 Å². The van der Waals surface area contributed by atoms with Crippen LogP contribution in [-0.2, 0) is 30.2 Å². The summed E-state index contributed by atoms with van der Waals surface area (Å²) in [6.07, 6.45) is 0. The quantitative estimate of drug-likeness (QED) is 0.324. The molecule has 0 saturated heterocycles. The van der Waals surface area contributed by atoms with Gasteiger partial charge < -0.3 is 10.1 Å². The SMILES string of the molecule is COCc1cc(C)nc(SCC(=O)Nc2cc3c(cc2[N+](=O)[O-])n(C)c(=O)n3C)c1C#N. The number of nitro groups is 1. The summed E-state index contributed by atoms with van der Waals surface area (Å²) in [6.45, 7) is 2.00. The van der Waals surface area contributed by atoms with Crippen molar-refractivity contribution < 1.29 is 14.5 Å². The van der Waals surface area contributed by atoms with Crippen molar-refractivity contribution in [2.24, 2.45) is 14.1 Å². The maximum absolute atomic E-state index is 12.6. The first-order valence-electron chi connectivity index (χ1n) is 9.34. The second kappa shape index (κ2) is 9.21. The molecule has 11 nitrogen and oxygen atoms in total. The summed E-state index contributed by atoms with van der Waals surface area (Å²) < 4.78 is 7.76. The van der Waals surface area contributed by atoms with Crippen molar-refractivity contribution in [3.05, 3.63) is 55.6 Å². The Bertz CT molecular complexity index is 1340. The molecule has 0 atom stereocenters. The monoisotopic (exact) mass is 456 g/mol. The van der Waals surface area contributed by atoms with E-state index in [1.54, 1.807) is 20.0 Å². The van der Waals surface area contributed by atoms with Crippen molar-refractivity contribution in [2.75, 3.05) is 18.2 Å². The van der Waals surface area contributed by atoms with Gasteiger partial charge in [0.2, 0.25) is 5.91 Å². The fourth-order valence-corrected chi connectivity index (χ4v) is 4.18. The highest BCUT2D eigenvalue weighted by Gasteiger charge is 2.21. The number of thioether (sulfide) groups is 1. The number of aromatic nitrogens is 3. The van der Waals surface area contributed by atoms with Gasteiger partial charge in [-0.1, -0.05) is 11.8 Å². The Morgan fingerprint density at radius 3 is 2.56 bits per heavy atom. The van der Waals surface area contributed by atoms with Crippen molar-refractivity contribution in [3.8, 4) is 6.07 Å². The minimum absolute atomic E-state index is 0.0212. The highest BCUT2D eigenvalue weighted by Crippen LogP contribution is 2.30. The predicted molar refractivity (Wildman–Crippen MR) is 119 cm³/mol. The van der Waals surface area contributed by atoms with Crippen molar-refractivity contribution >= 4 is 40.1 Å². The van der Waals surface area contributed by atoms with Crippen LogP contribution in [0.5, 0.6) is 0 Å². The Morgan fingerprint density at radius 1 is 1.31 bits per heavy atom. The number of nitrogens with one attached hydrogen (secondary N) is 1. The summed E-state index contributed by atoms with van der Waals surface area (Å²) in [7, 11) is 4.58. The van der Waals surface area contributed by atoms with Gasteiger partial charge in [0.05, 0.1) is 33.9 Å². The standard InChI is InChI=1S/C20H20N6O5S/c1-11-5-12(9-31-4)13(8-21)19(22-11)32-10-18(27)23-14-6-16-17(7-15(14)26(29)30)25(3)20(28)24(16)2/h5-7H,9-10H2,1-4H3,(H,23,27). The van der Waals surface area contributed by atoms with Crippen LogP contribution in [0.15, 0.2) is 28.0 Å². The van der Waals surface area contributed by atoms with E-state index in [9.17, 15) is 25.0 Å². The summed E-state index contributed by atoms with van der Waals surface area (Å²) >= 11 is 1.05. The normalized spacial score (nSPS) is 10.8. The van der Waals surface area contributed by atoms with Crippen LogP contribution in [-0.4, -0.2) is 37.8 Å². The second-order valence-electron chi connectivity index (χ2n) is 7.00. The van der Waals surface area contributed by atoms with Crippen molar-refractivity contribution in [2.45, 2.75) is 18.6 Å². The molecule has 3 aromatic rings. The molecule has 1 aromatic carbocycles. The van der Waals surface area contributed by atoms with E-state index < -0.39 is 10.8 Å². The summed E-state index contributed by atoms with van der Waals surface area (Å²) in [6, 6.07) is 6.49. The number of nitriles is 1. The molecular formula is C20H20N6O5S. The molecule has 2 aromatic heterocycles. The predicted octanol–water partition coefficient (Wildman–Crippen LogP) is 2.24. The number of carbonyl (C=O) groups is 1. The Balaban J connectivity index is 1.88. The molecule has 166 valence electrons. The number of pyridine rings is 1. The number of methoxy groups -OCH3 is 1. The fraction of sp³-hybridized carbons (Fsp3) is 0.300. The van der Waals surface area contributed by atoms with E-state index in [1.807, 2.05) is 0 Å². The molecule has 0 spiro atoms.